The van der Waals surface area contributed by atoms with Gasteiger partial charge in [0.1, 0.15) is 23.9 Å². The number of carbonyl (C=O) groups excluding carboxylic acids is 3. The van der Waals surface area contributed by atoms with Crippen molar-refractivity contribution in [3.05, 3.63) is 102 Å². The van der Waals surface area contributed by atoms with Gasteiger partial charge in [0.05, 0.1) is 6.04 Å². The van der Waals surface area contributed by atoms with Gasteiger partial charge in [0.15, 0.2) is 0 Å². The smallest absolute Gasteiger partial charge is 0.326 e. The van der Waals surface area contributed by atoms with Gasteiger partial charge in [-0.2, -0.15) is 0 Å². The maximum absolute atomic E-state index is 13.4. The number of benzene rings is 3. The molecule has 3 aromatic rings. The molecule has 4 unspecified atom stereocenters. The summed E-state index contributed by atoms with van der Waals surface area (Å²) in [5.74, 6) is -4.80. The number of nitrogens with two attached hydrogens (primary N) is 1. The van der Waals surface area contributed by atoms with Gasteiger partial charge in [-0.25, -0.2) is 4.79 Å². The number of carboxylic acid groups (broad SMARTS) is 2. The largest absolute Gasteiger partial charge is 0.508 e. The average Bonchev–Trinajstić information content (AvgIpc) is 3.00. The Morgan fingerprint density at radius 3 is 1.59 bits per heavy atom. The third-order valence-corrected chi connectivity index (χ3v) is 6.82. The number of rotatable bonds is 16. The second-order valence-corrected chi connectivity index (χ2v) is 10.3. The summed E-state index contributed by atoms with van der Waals surface area (Å²) in [6.07, 6.45) is -0.656. The van der Waals surface area contributed by atoms with Gasteiger partial charge in [-0.1, -0.05) is 72.8 Å². The molecule has 44 heavy (non-hydrogen) atoms. The van der Waals surface area contributed by atoms with Crippen molar-refractivity contribution in [2.45, 2.75) is 56.3 Å². The quantitative estimate of drug-likeness (QED) is 0.125. The second kappa shape index (κ2) is 16.4. The number of carbonyl (C=O) groups is 5. The molecular weight excluding hydrogens is 568 g/mol. The molecule has 3 rings (SSSR count). The molecular formula is C32H36N4O8. The van der Waals surface area contributed by atoms with E-state index in [4.69, 9.17) is 5.73 Å². The van der Waals surface area contributed by atoms with Gasteiger partial charge >= 0.3 is 11.9 Å². The van der Waals surface area contributed by atoms with Gasteiger partial charge in [-0.15, -0.1) is 0 Å². The van der Waals surface area contributed by atoms with Crippen LogP contribution in [-0.2, 0) is 43.2 Å². The Hall–Kier alpha value is -5.23. The highest BCUT2D eigenvalue weighted by Gasteiger charge is 2.31. The first-order valence-corrected chi connectivity index (χ1v) is 14.0. The summed E-state index contributed by atoms with van der Waals surface area (Å²) in [6.45, 7) is 0. The van der Waals surface area contributed by atoms with Gasteiger partial charge in [0.25, 0.3) is 0 Å². The van der Waals surface area contributed by atoms with Gasteiger partial charge < -0.3 is 37.0 Å². The molecule has 232 valence electrons. The van der Waals surface area contributed by atoms with Crippen LogP contribution in [0.2, 0.25) is 0 Å². The van der Waals surface area contributed by atoms with E-state index >= 15 is 0 Å². The van der Waals surface area contributed by atoms with Crippen LogP contribution in [0.3, 0.4) is 0 Å². The molecule has 8 N–H and O–H groups in total. The van der Waals surface area contributed by atoms with E-state index in [9.17, 15) is 39.3 Å². The van der Waals surface area contributed by atoms with Crippen LogP contribution < -0.4 is 21.7 Å². The number of nitrogens with one attached hydrogen (secondary N) is 3. The predicted octanol–water partition coefficient (Wildman–Crippen LogP) is 1.15. The number of phenols is 1. The van der Waals surface area contributed by atoms with Gasteiger partial charge in [0.2, 0.25) is 17.7 Å². The highest BCUT2D eigenvalue weighted by atomic mass is 16.4. The summed E-state index contributed by atoms with van der Waals surface area (Å²) in [7, 11) is 0. The molecule has 0 bridgehead atoms. The molecule has 0 aliphatic heterocycles. The molecule has 12 nitrogen and oxygen atoms in total. The summed E-state index contributed by atoms with van der Waals surface area (Å²) in [5.41, 5.74) is 8.06. The lowest BCUT2D eigenvalue weighted by Crippen LogP contribution is -2.58. The van der Waals surface area contributed by atoms with Crippen LogP contribution in [0.25, 0.3) is 0 Å². The summed E-state index contributed by atoms with van der Waals surface area (Å²) < 4.78 is 0. The second-order valence-electron chi connectivity index (χ2n) is 10.3. The van der Waals surface area contributed by atoms with Crippen molar-refractivity contribution in [2.75, 3.05) is 0 Å². The first kappa shape index (κ1) is 33.3. The third-order valence-electron chi connectivity index (χ3n) is 6.82. The Morgan fingerprint density at radius 1 is 0.591 bits per heavy atom. The molecule has 0 radical (unpaired) electrons. The average molecular weight is 605 g/mol. The number of amides is 3. The van der Waals surface area contributed by atoms with E-state index < -0.39 is 60.2 Å². The lowest BCUT2D eigenvalue weighted by atomic mass is 10.0. The van der Waals surface area contributed by atoms with E-state index in [-0.39, 0.29) is 31.4 Å². The van der Waals surface area contributed by atoms with Crippen molar-refractivity contribution in [2.24, 2.45) is 5.73 Å². The first-order valence-electron chi connectivity index (χ1n) is 14.0. The third kappa shape index (κ3) is 10.9. The number of aromatic hydroxyl groups is 1. The minimum atomic E-state index is -1.36. The monoisotopic (exact) mass is 604 g/mol. The summed E-state index contributed by atoms with van der Waals surface area (Å²) >= 11 is 0. The van der Waals surface area contributed by atoms with Crippen molar-refractivity contribution in [3.63, 3.8) is 0 Å². The van der Waals surface area contributed by atoms with Crippen molar-refractivity contribution < 1.29 is 39.3 Å². The SMILES string of the molecule is NC(Cc1ccccc1)C(=O)NC(CCC(=O)O)C(=O)NC(Cc1ccccc1)C(=O)NC(Cc1ccc(O)cc1)C(=O)O. The lowest BCUT2D eigenvalue weighted by molar-refractivity contribution is -0.142. The molecule has 0 saturated carbocycles. The van der Waals surface area contributed by atoms with Crippen molar-refractivity contribution in [3.8, 4) is 5.75 Å². The minimum absolute atomic E-state index is 0.000799. The molecule has 3 amide bonds. The van der Waals surface area contributed by atoms with E-state index in [0.29, 0.717) is 11.1 Å². The fraction of sp³-hybridized carbons (Fsp3) is 0.281. The maximum Gasteiger partial charge on any atom is 0.326 e. The summed E-state index contributed by atoms with van der Waals surface area (Å²) in [4.78, 5) is 63.1. The molecule has 12 heteroatoms. The Labute approximate surface area is 254 Å². The van der Waals surface area contributed by atoms with Crippen molar-refractivity contribution in [1.29, 1.82) is 0 Å². The molecule has 0 spiro atoms. The molecule has 4 atom stereocenters. The molecule has 0 fully saturated rings. The van der Waals surface area contributed by atoms with Crippen LogP contribution in [0.15, 0.2) is 84.9 Å². The number of hydrogen-bond donors (Lipinski definition) is 7. The van der Waals surface area contributed by atoms with Crippen LogP contribution in [0.5, 0.6) is 5.75 Å². The van der Waals surface area contributed by atoms with Crippen LogP contribution in [0.1, 0.15) is 29.5 Å². The van der Waals surface area contributed by atoms with Crippen molar-refractivity contribution in [1.82, 2.24) is 16.0 Å². The van der Waals surface area contributed by atoms with Crippen LogP contribution in [0, 0.1) is 0 Å². The number of phenolic OH excluding ortho intramolecular Hbond substituents is 1. The maximum atomic E-state index is 13.4. The molecule has 0 aliphatic carbocycles. The van der Waals surface area contributed by atoms with E-state index in [1.807, 2.05) is 6.07 Å². The zero-order valence-electron chi connectivity index (χ0n) is 23.9. The highest BCUT2D eigenvalue weighted by molar-refractivity contribution is 5.94. The summed E-state index contributed by atoms with van der Waals surface area (Å²) in [6, 6.07) is 18.5. The van der Waals surface area contributed by atoms with Gasteiger partial charge in [0, 0.05) is 19.3 Å². The zero-order valence-corrected chi connectivity index (χ0v) is 23.9. The zero-order chi connectivity index (χ0) is 32.1. The fourth-order valence-corrected chi connectivity index (χ4v) is 4.45. The van der Waals surface area contributed by atoms with Crippen molar-refractivity contribution >= 4 is 29.7 Å². The first-order chi connectivity index (χ1) is 21.0. The summed E-state index contributed by atoms with van der Waals surface area (Å²) in [5, 5.41) is 36.1. The van der Waals surface area contributed by atoms with Gasteiger partial charge in [-0.3, -0.25) is 19.2 Å². The highest BCUT2D eigenvalue weighted by Crippen LogP contribution is 2.12. The Kier molecular flexibility index (Phi) is 12.4. The number of aliphatic carboxylic acids is 2. The number of carboxylic acids is 2. The van der Waals surface area contributed by atoms with Gasteiger partial charge in [-0.05, 0) is 41.7 Å². The number of hydrogen-bond acceptors (Lipinski definition) is 7. The Balaban J connectivity index is 1.78. The lowest BCUT2D eigenvalue weighted by Gasteiger charge is -2.25. The van der Waals surface area contributed by atoms with Crippen LogP contribution in [0.4, 0.5) is 0 Å². The van der Waals surface area contributed by atoms with Crippen LogP contribution in [-0.4, -0.2) is 69.1 Å². The Morgan fingerprint density at radius 2 is 1.05 bits per heavy atom. The molecule has 0 heterocycles. The molecule has 0 aromatic heterocycles. The Bertz CT molecular complexity index is 1420. The topological polar surface area (TPSA) is 208 Å². The molecule has 0 saturated heterocycles. The van der Waals surface area contributed by atoms with E-state index in [1.165, 1.54) is 24.3 Å². The normalized spacial score (nSPS) is 13.5. The predicted molar refractivity (Wildman–Crippen MR) is 160 cm³/mol. The fourth-order valence-electron chi connectivity index (χ4n) is 4.45. The molecule has 0 aliphatic rings. The minimum Gasteiger partial charge on any atom is -0.508 e. The van der Waals surface area contributed by atoms with E-state index in [2.05, 4.69) is 16.0 Å². The molecule has 3 aromatic carbocycles. The standard InChI is InChI=1S/C32H36N4O8/c33-24(17-20-7-3-1-4-8-20)29(40)34-25(15-16-28(38)39)30(41)35-26(18-21-9-5-2-6-10-21)31(42)36-27(32(43)44)19-22-11-13-23(37)14-12-22/h1-14,24-27,37H,15-19,33H2,(H,34,40)(H,35,41)(H,36,42)(H,38,39)(H,43,44). The van der Waals surface area contributed by atoms with E-state index in [0.717, 1.165) is 5.56 Å². The van der Waals surface area contributed by atoms with Crippen LogP contribution >= 0.6 is 0 Å². The van der Waals surface area contributed by atoms with E-state index in [1.54, 1.807) is 54.6 Å².